The van der Waals surface area contributed by atoms with Gasteiger partial charge in [0.05, 0.1) is 10.6 Å². The van der Waals surface area contributed by atoms with E-state index >= 15 is 0 Å². The maximum absolute atomic E-state index is 8.91. The van der Waals surface area contributed by atoms with Crippen molar-refractivity contribution < 1.29 is 0 Å². The van der Waals surface area contributed by atoms with Crippen LogP contribution in [0, 0.1) is 18.3 Å². The maximum Gasteiger partial charge on any atom is 0.101 e. The largest absolute Gasteiger partial charge is 0.361 e. The third-order valence-corrected chi connectivity index (χ3v) is 2.42. The van der Waals surface area contributed by atoms with Crippen LogP contribution in [0.15, 0.2) is 18.3 Å². The summed E-state index contributed by atoms with van der Waals surface area (Å²) in [6.07, 6.45) is 1.88. The van der Waals surface area contributed by atoms with E-state index in [0.29, 0.717) is 10.6 Å². The van der Waals surface area contributed by atoms with Gasteiger partial charge in [-0.2, -0.15) is 5.26 Å². The number of fused-ring (bicyclic) bond motifs is 1. The third-order valence-electron chi connectivity index (χ3n) is 2.10. The Morgan fingerprint density at radius 3 is 2.92 bits per heavy atom. The molecule has 1 heterocycles. The first kappa shape index (κ1) is 8.15. The molecular weight excluding hydrogens is 184 g/mol. The number of halogens is 1. The lowest BCUT2D eigenvalue weighted by Crippen LogP contribution is -1.80. The quantitative estimate of drug-likeness (QED) is 0.682. The van der Waals surface area contributed by atoms with Crippen LogP contribution >= 0.6 is 11.6 Å². The van der Waals surface area contributed by atoms with Crippen molar-refractivity contribution in [1.82, 2.24) is 4.98 Å². The van der Waals surface area contributed by atoms with E-state index in [1.165, 1.54) is 0 Å². The van der Waals surface area contributed by atoms with Crippen LogP contribution in [0.2, 0.25) is 5.02 Å². The number of H-pyrrole nitrogens is 1. The minimum atomic E-state index is 0.512. The first-order chi connectivity index (χ1) is 6.24. The first-order valence-corrected chi connectivity index (χ1v) is 4.28. The van der Waals surface area contributed by atoms with E-state index in [1.54, 1.807) is 6.07 Å². The van der Waals surface area contributed by atoms with Gasteiger partial charge in [-0.1, -0.05) is 11.6 Å². The van der Waals surface area contributed by atoms with E-state index in [2.05, 4.69) is 11.1 Å². The molecule has 2 rings (SSSR count). The maximum atomic E-state index is 8.91. The number of rotatable bonds is 0. The molecule has 0 atom stereocenters. The number of nitrogens with zero attached hydrogens (tertiary/aromatic N) is 1. The van der Waals surface area contributed by atoms with Crippen molar-refractivity contribution in [2.45, 2.75) is 6.92 Å². The Kier molecular flexibility index (Phi) is 1.75. The second-order valence-electron chi connectivity index (χ2n) is 2.93. The Hall–Kier alpha value is -1.46. The third kappa shape index (κ3) is 1.09. The van der Waals surface area contributed by atoms with E-state index < -0.39 is 0 Å². The number of aromatic nitrogens is 1. The fourth-order valence-corrected chi connectivity index (χ4v) is 1.67. The van der Waals surface area contributed by atoms with Crippen molar-refractivity contribution in [3.8, 4) is 6.07 Å². The zero-order chi connectivity index (χ0) is 9.42. The van der Waals surface area contributed by atoms with E-state index in [9.17, 15) is 0 Å². The van der Waals surface area contributed by atoms with Crippen LogP contribution in [0.5, 0.6) is 0 Å². The highest BCUT2D eigenvalue weighted by Crippen LogP contribution is 2.27. The minimum absolute atomic E-state index is 0.512. The summed E-state index contributed by atoms with van der Waals surface area (Å²) in [4.78, 5) is 3.08. The van der Waals surface area contributed by atoms with Crippen molar-refractivity contribution >= 4 is 22.5 Å². The number of nitrogens with one attached hydrogen (secondary N) is 1. The summed E-state index contributed by atoms with van der Waals surface area (Å²) in [5.41, 5.74) is 2.56. The molecule has 0 spiro atoms. The molecule has 0 unspecified atom stereocenters. The molecular formula is C10H7ClN2. The molecule has 1 aromatic carbocycles. The summed E-state index contributed by atoms with van der Waals surface area (Å²) >= 11 is 5.90. The topological polar surface area (TPSA) is 39.6 Å². The van der Waals surface area contributed by atoms with Crippen molar-refractivity contribution in [3.05, 3.63) is 34.5 Å². The smallest absolute Gasteiger partial charge is 0.101 e. The van der Waals surface area contributed by atoms with Gasteiger partial charge in [0.1, 0.15) is 6.07 Å². The predicted octanol–water partition coefficient (Wildman–Crippen LogP) is 3.00. The molecule has 0 bridgehead atoms. The van der Waals surface area contributed by atoms with Gasteiger partial charge in [0, 0.05) is 17.1 Å². The Morgan fingerprint density at radius 1 is 1.46 bits per heavy atom. The molecule has 2 aromatic rings. The molecule has 3 heteroatoms. The molecule has 1 N–H and O–H groups in total. The summed E-state index contributed by atoms with van der Waals surface area (Å²) < 4.78 is 0. The molecule has 0 amide bonds. The molecule has 0 saturated heterocycles. The minimum Gasteiger partial charge on any atom is -0.361 e. The van der Waals surface area contributed by atoms with Crippen LogP contribution in [0.3, 0.4) is 0 Å². The molecule has 0 saturated carbocycles. The van der Waals surface area contributed by atoms with Gasteiger partial charge < -0.3 is 4.98 Å². The monoisotopic (exact) mass is 190 g/mol. The number of hydrogen-bond donors (Lipinski definition) is 1. The molecule has 1 aromatic heterocycles. The first-order valence-electron chi connectivity index (χ1n) is 3.90. The summed E-state index contributed by atoms with van der Waals surface area (Å²) in [7, 11) is 0. The number of hydrogen-bond acceptors (Lipinski definition) is 1. The Balaban J connectivity index is 2.99. The number of aromatic amines is 1. The molecule has 0 aliphatic rings. The average molecular weight is 191 g/mol. The fraction of sp³-hybridized carbons (Fsp3) is 0.100. The fourth-order valence-electron chi connectivity index (χ4n) is 1.47. The van der Waals surface area contributed by atoms with Crippen LogP contribution in [0.1, 0.15) is 11.1 Å². The van der Waals surface area contributed by atoms with Gasteiger partial charge in [-0.05, 0) is 24.6 Å². The molecule has 0 aliphatic carbocycles. The van der Waals surface area contributed by atoms with Gasteiger partial charge in [-0.3, -0.25) is 0 Å². The number of nitriles is 1. The second-order valence-corrected chi connectivity index (χ2v) is 3.34. The van der Waals surface area contributed by atoms with Gasteiger partial charge in [0.15, 0.2) is 0 Å². The molecule has 0 radical (unpaired) electrons. The van der Waals surface area contributed by atoms with Crippen molar-refractivity contribution in [3.63, 3.8) is 0 Å². The lowest BCUT2D eigenvalue weighted by Gasteiger charge is -1.97. The Bertz CT molecular complexity index is 505. The van der Waals surface area contributed by atoms with Crippen LogP contribution in [0.4, 0.5) is 0 Å². The van der Waals surface area contributed by atoms with E-state index in [1.807, 2.05) is 19.2 Å². The van der Waals surface area contributed by atoms with Crippen LogP contribution in [0.25, 0.3) is 10.9 Å². The van der Waals surface area contributed by atoms with E-state index in [4.69, 9.17) is 16.9 Å². The average Bonchev–Trinajstić information content (AvgIpc) is 2.49. The SMILES string of the molecule is Cc1c[nH]c2ccc(Cl)c(C#N)c12. The van der Waals surface area contributed by atoms with Gasteiger partial charge in [0.2, 0.25) is 0 Å². The van der Waals surface area contributed by atoms with Crippen molar-refractivity contribution in [1.29, 1.82) is 5.26 Å². The second kappa shape index (κ2) is 2.79. The van der Waals surface area contributed by atoms with E-state index in [-0.39, 0.29) is 0 Å². The van der Waals surface area contributed by atoms with Crippen molar-refractivity contribution in [2.75, 3.05) is 0 Å². The molecule has 13 heavy (non-hydrogen) atoms. The highest BCUT2D eigenvalue weighted by atomic mass is 35.5. The Labute approximate surface area is 80.7 Å². The predicted molar refractivity (Wildman–Crippen MR) is 52.8 cm³/mol. The lowest BCUT2D eigenvalue weighted by atomic mass is 10.1. The molecule has 64 valence electrons. The Morgan fingerprint density at radius 2 is 2.23 bits per heavy atom. The van der Waals surface area contributed by atoms with Gasteiger partial charge in [0.25, 0.3) is 0 Å². The van der Waals surface area contributed by atoms with Crippen LogP contribution in [-0.4, -0.2) is 4.98 Å². The number of benzene rings is 1. The van der Waals surface area contributed by atoms with Crippen molar-refractivity contribution in [2.24, 2.45) is 0 Å². The lowest BCUT2D eigenvalue weighted by molar-refractivity contribution is 1.43. The molecule has 0 aliphatic heterocycles. The van der Waals surface area contributed by atoms with E-state index in [0.717, 1.165) is 16.5 Å². The molecule has 0 fully saturated rings. The van der Waals surface area contributed by atoms with Crippen LogP contribution < -0.4 is 0 Å². The molecule has 2 nitrogen and oxygen atoms in total. The summed E-state index contributed by atoms with van der Waals surface area (Å²) in [5.74, 6) is 0. The normalized spacial score (nSPS) is 10.2. The highest BCUT2D eigenvalue weighted by molar-refractivity contribution is 6.32. The number of aryl methyl sites for hydroxylation is 1. The highest BCUT2D eigenvalue weighted by Gasteiger charge is 2.08. The summed E-state index contributed by atoms with van der Waals surface area (Å²) in [5, 5.41) is 10.3. The van der Waals surface area contributed by atoms with Gasteiger partial charge in [-0.25, -0.2) is 0 Å². The summed E-state index contributed by atoms with van der Waals surface area (Å²) in [6.45, 7) is 1.95. The summed E-state index contributed by atoms with van der Waals surface area (Å²) in [6, 6.07) is 5.73. The zero-order valence-electron chi connectivity index (χ0n) is 7.06. The van der Waals surface area contributed by atoms with Gasteiger partial charge >= 0.3 is 0 Å². The zero-order valence-corrected chi connectivity index (χ0v) is 7.81. The van der Waals surface area contributed by atoms with Gasteiger partial charge in [-0.15, -0.1) is 0 Å². The van der Waals surface area contributed by atoms with Crippen LogP contribution in [-0.2, 0) is 0 Å². The standard InChI is InChI=1S/C10H7ClN2/c1-6-5-13-9-3-2-8(11)7(4-12)10(6)9/h2-3,5,13H,1H3.